The maximum atomic E-state index is 13.0. The molecule has 0 amide bonds. The third kappa shape index (κ3) is 2.42. The Morgan fingerprint density at radius 1 is 1.17 bits per heavy atom. The van der Waals surface area contributed by atoms with Crippen LogP contribution in [0.15, 0.2) is 59.5 Å². The Balaban J connectivity index is 2.13. The largest absolute Gasteiger partial charge is 0.481 e. The Bertz CT molecular complexity index is 884. The fraction of sp³-hybridized carbons (Fsp3) is 0.235. The first-order valence-corrected chi connectivity index (χ1v) is 9.26. The van der Waals surface area contributed by atoms with Gasteiger partial charge in [-0.15, -0.1) is 0 Å². The molecule has 2 aromatic carbocycles. The summed E-state index contributed by atoms with van der Waals surface area (Å²) in [5, 5.41) is 9.01. The van der Waals surface area contributed by atoms with E-state index >= 15 is 0 Å². The van der Waals surface area contributed by atoms with E-state index in [1.54, 1.807) is 42.5 Å². The van der Waals surface area contributed by atoms with E-state index in [0.717, 1.165) is 0 Å². The molecule has 1 saturated carbocycles. The topological polar surface area (TPSA) is 97.5 Å². The maximum Gasteiger partial charge on any atom is 0.312 e. The van der Waals surface area contributed by atoms with E-state index in [9.17, 15) is 18.3 Å². The van der Waals surface area contributed by atoms with Gasteiger partial charge in [-0.25, -0.2) is 8.42 Å². The van der Waals surface area contributed by atoms with Gasteiger partial charge in [0, 0.05) is 17.5 Å². The number of halogens is 1. The monoisotopic (exact) mass is 365 g/mol. The lowest BCUT2D eigenvalue weighted by molar-refractivity contribution is -0.143. The number of carboxylic acids is 1. The number of carbonyl (C=O) groups is 1. The molecule has 0 radical (unpaired) electrons. The van der Waals surface area contributed by atoms with Crippen molar-refractivity contribution >= 4 is 27.4 Å². The zero-order valence-corrected chi connectivity index (χ0v) is 14.2. The molecule has 3 rings (SSSR count). The van der Waals surface area contributed by atoms with Crippen LogP contribution in [0.25, 0.3) is 0 Å². The number of nitrogens with two attached hydrogens (primary N) is 1. The summed E-state index contributed by atoms with van der Waals surface area (Å²) in [5.41, 5.74) is 4.75. The summed E-state index contributed by atoms with van der Waals surface area (Å²) >= 11 is 5.98. The van der Waals surface area contributed by atoms with Crippen molar-refractivity contribution in [1.82, 2.24) is 0 Å². The summed E-state index contributed by atoms with van der Waals surface area (Å²) in [5.74, 6) is -1.94. The van der Waals surface area contributed by atoms with Crippen LogP contribution in [0.1, 0.15) is 11.5 Å². The highest BCUT2D eigenvalue weighted by Gasteiger charge is 2.75. The molecule has 0 spiro atoms. The molecule has 2 aromatic rings. The Kier molecular flexibility index (Phi) is 4.15. The lowest BCUT2D eigenvalue weighted by Crippen LogP contribution is -2.31. The van der Waals surface area contributed by atoms with E-state index < -0.39 is 32.4 Å². The minimum absolute atomic E-state index is 0.0959. The fourth-order valence-corrected chi connectivity index (χ4v) is 5.98. The van der Waals surface area contributed by atoms with Gasteiger partial charge in [-0.2, -0.15) is 0 Å². The van der Waals surface area contributed by atoms with Crippen molar-refractivity contribution in [2.45, 2.75) is 16.1 Å². The van der Waals surface area contributed by atoms with Gasteiger partial charge in [-0.3, -0.25) is 4.79 Å². The fourth-order valence-electron chi connectivity index (χ4n) is 3.37. The lowest BCUT2D eigenvalue weighted by atomic mass is 9.99. The number of hydrogen-bond donors (Lipinski definition) is 2. The predicted octanol–water partition coefficient (Wildman–Crippen LogP) is 2.31. The number of rotatable bonds is 5. The highest BCUT2D eigenvalue weighted by Crippen LogP contribution is 2.63. The lowest BCUT2D eigenvalue weighted by Gasteiger charge is -2.10. The molecule has 24 heavy (non-hydrogen) atoms. The number of benzene rings is 2. The zero-order valence-electron chi connectivity index (χ0n) is 12.6. The molecular weight excluding hydrogens is 350 g/mol. The Morgan fingerprint density at radius 3 is 2.38 bits per heavy atom. The number of aliphatic carboxylic acids is 1. The van der Waals surface area contributed by atoms with Crippen LogP contribution in [0.4, 0.5) is 0 Å². The van der Waals surface area contributed by atoms with Gasteiger partial charge in [0.05, 0.1) is 10.1 Å². The van der Waals surface area contributed by atoms with Crippen LogP contribution >= 0.6 is 11.6 Å². The van der Waals surface area contributed by atoms with Gasteiger partial charge in [0.25, 0.3) is 0 Å². The first kappa shape index (κ1) is 17.0. The normalized spacial score (nSPS) is 26.1. The van der Waals surface area contributed by atoms with Crippen LogP contribution < -0.4 is 5.73 Å². The average Bonchev–Trinajstić information content (AvgIpc) is 3.27. The van der Waals surface area contributed by atoms with Gasteiger partial charge in [-0.05, 0) is 29.8 Å². The molecule has 0 aromatic heterocycles. The van der Waals surface area contributed by atoms with Crippen LogP contribution in [-0.2, 0) is 14.6 Å². The molecule has 3 atom stereocenters. The summed E-state index contributed by atoms with van der Waals surface area (Å²) in [6, 6.07) is 14.4. The van der Waals surface area contributed by atoms with E-state index in [4.69, 9.17) is 17.3 Å². The van der Waals surface area contributed by atoms with Crippen molar-refractivity contribution in [1.29, 1.82) is 0 Å². The van der Waals surface area contributed by atoms with Crippen molar-refractivity contribution in [3.63, 3.8) is 0 Å². The highest BCUT2D eigenvalue weighted by atomic mass is 35.5. The van der Waals surface area contributed by atoms with Gasteiger partial charge >= 0.3 is 5.97 Å². The molecule has 126 valence electrons. The van der Waals surface area contributed by atoms with Crippen molar-refractivity contribution in [3.8, 4) is 0 Å². The van der Waals surface area contributed by atoms with E-state index in [2.05, 4.69) is 0 Å². The summed E-state index contributed by atoms with van der Waals surface area (Å²) < 4.78 is 26.0. The molecular formula is C17H16ClNO4S. The second-order valence-electron chi connectivity index (χ2n) is 5.86. The zero-order chi connectivity index (χ0) is 17.5. The van der Waals surface area contributed by atoms with Crippen molar-refractivity contribution in [3.05, 3.63) is 65.2 Å². The highest BCUT2D eigenvalue weighted by molar-refractivity contribution is 7.92. The molecule has 0 saturated heterocycles. The Morgan fingerprint density at radius 2 is 1.83 bits per heavy atom. The second kappa shape index (κ2) is 5.88. The van der Waals surface area contributed by atoms with E-state index in [1.165, 1.54) is 12.1 Å². The van der Waals surface area contributed by atoms with Gasteiger partial charge < -0.3 is 10.8 Å². The van der Waals surface area contributed by atoms with Crippen LogP contribution in [0.5, 0.6) is 0 Å². The Hall–Kier alpha value is -1.89. The molecule has 0 aliphatic heterocycles. The van der Waals surface area contributed by atoms with Crippen LogP contribution in [0.2, 0.25) is 5.02 Å². The van der Waals surface area contributed by atoms with E-state index in [1.807, 2.05) is 0 Å². The molecule has 1 aliphatic rings. The van der Waals surface area contributed by atoms with Gasteiger partial charge in [0.1, 0.15) is 5.41 Å². The molecule has 0 bridgehead atoms. The SMILES string of the molecule is NC[C@@]1(C(=O)O)[C@H](S(=O)(=O)c2ccccc2)[C@@H]1c1cccc(Cl)c1. The number of carboxylic acid groups (broad SMARTS) is 1. The second-order valence-corrected chi connectivity index (χ2v) is 8.37. The maximum absolute atomic E-state index is 13.0. The quantitative estimate of drug-likeness (QED) is 0.847. The first-order valence-electron chi connectivity index (χ1n) is 7.33. The number of hydrogen-bond acceptors (Lipinski definition) is 4. The third-order valence-electron chi connectivity index (χ3n) is 4.61. The van der Waals surface area contributed by atoms with Gasteiger partial charge in [-0.1, -0.05) is 41.9 Å². The summed E-state index contributed by atoms with van der Waals surface area (Å²) in [6.45, 7) is -0.268. The molecule has 7 heteroatoms. The predicted molar refractivity (Wildman–Crippen MR) is 90.7 cm³/mol. The standard InChI is InChI=1S/C17H16ClNO4S/c18-12-6-4-5-11(9-12)14-15(17(14,10-19)16(20)21)24(22,23)13-7-2-1-3-8-13/h1-9,14-15H,10,19H2,(H,20,21)/t14-,15+,17-/m0/s1. The first-order chi connectivity index (χ1) is 11.4. The summed E-state index contributed by atoms with van der Waals surface area (Å²) in [6.07, 6.45) is 0. The number of sulfone groups is 1. The average molecular weight is 366 g/mol. The molecule has 1 fully saturated rings. The minimum atomic E-state index is -3.84. The smallest absolute Gasteiger partial charge is 0.312 e. The molecule has 0 heterocycles. The summed E-state index contributed by atoms with van der Waals surface area (Å²) in [4.78, 5) is 12.0. The third-order valence-corrected chi connectivity index (χ3v) is 7.13. The molecule has 3 N–H and O–H groups in total. The van der Waals surface area contributed by atoms with Crippen LogP contribution in [0, 0.1) is 5.41 Å². The Labute approximate surface area is 145 Å². The molecule has 1 aliphatic carbocycles. The molecule has 5 nitrogen and oxygen atoms in total. The molecule has 0 unspecified atom stereocenters. The van der Waals surface area contributed by atoms with E-state index in [0.29, 0.717) is 10.6 Å². The van der Waals surface area contributed by atoms with Crippen molar-refractivity contribution in [2.24, 2.45) is 11.1 Å². The van der Waals surface area contributed by atoms with E-state index in [-0.39, 0.29) is 11.4 Å². The van der Waals surface area contributed by atoms with Crippen LogP contribution in [0.3, 0.4) is 0 Å². The van der Waals surface area contributed by atoms with Gasteiger partial charge in [0.2, 0.25) is 0 Å². The van der Waals surface area contributed by atoms with Gasteiger partial charge in [0.15, 0.2) is 9.84 Å². The minimum Gasteiger partial charge on any atom is -0.481 e. The van der Waals surface area contributed by atoms with Crippen LogP contribution in [-0.4, -0.2) is 31.3 Å². The summed E-state index contributed by atoms with van der Waals surface area (Å²) in [7, 11) is -3.84. The van der Waals surface area contributed by atoms with Crippen molar-refractivity contribution in [2.75, 3.05) is 6.54 Å². The van der Waals surface area contributed by atoms with Crippen molar-refractivity contribution < 1.29 is 18.3 Å².